The fraction of sp³-hybridized carbons (Fsp3) is 1.00. The molecule has 1 aliphatic heterocycles. The monoisotopic (exact) mass is 214 g/mol. The van der Waals surface area contributed by atoms with Gasteiger partial charge in [0.2, 0.25) is 0 Å². The Hall–Kier alpha value is -0.0800. The van der Waals surface area contributed by atoms with Gasteiger partial charge < -0.3 is 9.84 Å². The van der Waals surface area contributed by atoms with Gasteiger partial charge in [-0.15, -0.1) is 0 Å². The van der Waals surface area contributed by atoms with Gasteiger partial charge in [-0.3, -0.25) is 0 Å². The Morgan fingerprint density at radius 2 is 2.00 bits per heavy atom. The second kappa shape index (κ2) is 6.49. The third-order valence-electron chi connectivity index (χ3n) is 3.38. The summed E-state index contributed by atoms with van der Waals surface area (Å²) < 4.78 is 5.46. The average Bonchev–Trinajstić information content (AvgIpc) is 2.17. The Labute approximate surface area is 94.0 Å². The molecule has 2 atom stereocenters. The number of hydrogen-bond acceptors (Lipinski definition) is 2. The van der Waals surface area contributed by atoms with Crippen LogP contribution in [0.2, 0.25) is 0 Å². The van der Waals surface area contributed by atoms with Crippen LogP contribution in [0.15, 0.2) is 0 Å². The summed E-state index contributed by atoms with van der Waals surface area (Å²) >= 11 is 0. The minimum atomic E-state index is -0.427. The smallest absolute Gasteiger partial charge is 0.0694 e. The van der Waals surface area contributed by atoms with E-state index in [0.29, 0.717) is 0 Å². The number of aliphatic hydroxyl groups is 1. The van der Waals surface area contributed by atoms with E-state index in [1.165, 1.54) is 32.1 Å². The predicted octanol–water partition coefficient (Wildman–Crippen LogP) is 3.28. The van der Waals surface area contributed by atoms with E-state index in [4.69, 9.17) is 4.74 Å². The van der Waals surface area contributed by atoms with E-state index in [2.05, 4.69) is 13.8 Å². The maximum absolute atomic E-state index is 10.3. The van der Waals surface area contributed by atoms with Crippen molar-refractivity contribution in [2.45, 2.75) is 76.9 Å². The first-order valence-corrected chi connectivity index (χ1v) is 6.50. The topological polar surface area (TPSA) is 29.5 Å². The molecule has 1 saturated heterocycles. The maximum atomic E-state index is 10.3. The second-order valence-electron chi connectivity index (χ2n) is 5.02. The molecule has 0 aromatic carbocycles. The van der Waals surface area contributed by atoms with E-state index in [1.54, 1.807) is 0 Å². The summed E-state index contributed by atoms with van der Waals surface area (Å²) in [6.45, 7) is 5.02. The summed E-state index contributed by atoms with van der Waals surface area (Å²) in [5, 5.41) is 10.3. The lowest BCUT2D eigenvalue weighted by Gasteiger charge is -2.35. The van der Waals surface area contributed by atoms with Crippen molar-refractivity contribution >= 4 is 0 Å². The highest BCUT2D eigenvalue weighted by Crippen LogP contribution is 2.29. The second-order valence-corrected chi connectivity index (χ2v) is 5.02. The van der Waals surface area contributed by atoms with Gasteiger partial charge in [0, 0.05) is 13.0 Å². The summed E-state index contributed by atoms with van der Waals surface area (Å²) in [6, 6.07) is 0. The van der Waals surface area contributed by atoms with Crippen LogP contribution in [0.25, 0.3) is 0 Å². The first-order chi connectivity index (χ1) is 7.16. The Morgan fingerprint density at radius 3 is 2.67 bits per heavy atom. The molecule has 1 N–H and O–H groups in total. The van der Waals surface area contributed by atoms with E-state index in [9.17, 15) is 5.11 Å². The molecule has 0 aromatic heterocycles. The molecule has 15 heavy (non-hydrogen) atoms. The molecule has 1 fully saturated rings. The fourth-order valence-electron chi connectivity index (χ4n) is 2.43. The number of unbranched alkanes of at least 4 members (excludes halogenated alkanes) is 4. The molecule has 0 bridgehead atoms. The van der Waals surface area contributed by atoms with Gasteiger partial charge in [-0.05, 0) is 19.8 Å². The van der Waals surface area contributed by atoms with Crippen LogP contribution in [-0.2, 0) is 4.74 Å². The van der Waals surface area contributed by atoms with E-state index >= 15 is 0 Å². The highest BCUT2D eigenvalue weighted by atomic mass is 16.5. The number of hydrogen-bond donors (Lipinski definition) is 1. The summed E-state index contributed by atoms with van der Waals surface area (Å²) in [5.41, 5.74) is -0.427. The van der Waals surface area contributed by atoms with Crippen LogP contribution in [-0.4, -0.2) is 23.4 Å². The largest absolute Gasteiger partial charge is 0.390 e. The van der Waals surface area contributed by atoms with Crippen LogP contribution < -0.4 is 0 Å². The molecule has 0 saturated carbocycles. The van der Waals surface area contributed by atoms with Crippen molar-refractivity contribution in [1.29, 1.82) is 0 Å². The van der Waals surface area contributed by atoms with E-state index in [-0.39, 0.29) is 6.10 Å². The first-order valence-electron chi connectivity index (χ1n) is 6.50. The molecule has 0 amide bonds. The van der Waals surface area contributed by atoms with Gasteiger partial charge in [0.1, 0.15) is 0 Å². The number of rotatable bonds is 6. The van der Waals surface area contributed by atoms with Crippen molar-refractivity contribution in [1.82, 2.24) is 0 Å². The zero-order valence-electron chi connectivity index (χ0n) is 10.3. The Kier molecular flexibility index (Phi) is 5.62. The van der Waals surface area contributed by atoms with E-state index in [0.717, 1.165) is 25.9 Å². The summed E-state index contributed by atoms with van der Waals surface area (Å²) in [5.74, 6) is 0. The van der Waals surface area contributed by atoms with Gasteiger partial charge >= 0.3 is 0 Å². The van der Waals surface area contributed by atoms with Crippen molar-refractivity contribution in [2.24, 2.45) is 0 Å². The minimum absolute atomic E-state index is 0.236. The van der Waals surface area contributed by atoms with Crippen LogP contribution in [0.4, 0.5) is 0 Å². The SMILES string of the molecule is CCCCCCCC1(O)CCOC(C)C1. The summed E-state index contributed by atoms with van der Waals surface area (Å²) in [7, 11) is 0. The third kappa shape index (κ3) is 4.98. The quantitative estimate of drug-likeness (QED) is 0.688. The lowest BCUT2D eigenvalue weighted by Crippen LogP contribution is -2.39. The van der Waals surface area contributed by atoms with Gasteiger partial charge in [0.05, 0.1) is 11.7 Å². The molecule has 0 spiro atoms. The normalized spacial score (nSPS) is 31.8. The van der Waals surface area contributed by atoms with Crippen LogP contribution in [0.1, 0.15) is 65.2 Å². The molecule has 2 unspecified atom stereocenters. The molecule has 0 aromatic rings. The van der Waals surface area contributed by atoms with Crippen molar-refractivity contribution in [2.75, 3.05) is 6.61 Å². The Balaban J connectivity index is 2.12. The van der Waals surface area contributed by atoms with E-state index in [1.807, 2.05) is 0 Å². The molecule has 1 rings (SSSR count). The maximum Gasteiger partial charge on any atom is 0.0694 e. The lowest BCUT2D eigenvalue weighted by molar-refractivity contribution is -0.101. The van der Waals surface area contributed by atoms with Crippen LogP contribution >= 0.6 is 0 Å². The Bertz CT molecular complexity index is 170. The van der Waals surface area contributed by atoms with Crippen molar-refractivity contribution in [3.63, 3.8) is 0 Å². The molecule has 1 heterocycles. The van der Waals surface area contributed by atoms with Crippen molar-refractivity contribution in [3.05, 3.63) is 0 Å². The fourth-order valence-corrected chi connectivity index (χ4v) is 2.43. The molecule has 2 nitrogen and oxygen atoms in total. The minimum Gasteiger partial charge on any atom is -0.390 e. The molecule has 0 radical (unpaired) electrons. The van der Waals surface area contributed by atoms with Crippen molar-refractivity contribution < 1.29 is 9.84 Å². The molecule has 1 aliphatic rings. The highest BCUT2D eigenvalue weighted by Gasteiger charge is 2.32. The predicted molar refractivity (Wildman–Crippen MR) is 63.0 cm³/mol. The molecule has 90 valence electrons. The Morgan fingerprint density at radius 1 is 1.27 bits per heavy atom. The molecular weight excluding hydrogens is 188 g/mol. The standard InChI is InChI=1S/C13H26O2/c1-3-4-5-6-7-8-13(14)9-10-15-12(2)11-13/h12,14H,3-11H2,1-2H3. The lowest BCUT2D eigenvalue weighted by atomic mass is 9.86. The molecular formula is C13H26O2. The highest BCUT2D eigenvalue weighted by molar-refractivity contribution is 4.84. The van der Waals surface area contributed by atoms with Crippen LogP contribution in [0.3, 0.4) is 0 Å². The third-order valence-corrected chi connectivity index (χ3v) is 3.38. The van der Waals surface area contributed by atoms with Gasteiger partial charge in [-0.2, -0.15) is 0 Å². The van der Waals surface area contributed by atoms with Gasteiger partial charge in [0.15, 0.2) is 0 Å². The van der Waals surface area contributed by atoms with Gasteiger partial charge in [-0.1, -0.05) is 39.0 Å². The molecule has 2 heteroatoms. The van der Waals surface area contributed by atoms with Gasteiger partial charge in [-0.25, -0.2) is 0 Å². The zero-order valence-corrected chi connectivity index (χ0v) is 10.3. The summed E-state index contributed by atoms with van der Waals surface area (Å²) in [4.78, 5) is 0. The van der Waals surface area contributed by atoms with Crippen LogP contribution in [0.5, 0.6) is 0 Å². The van der Waals surface area contributed by atoms with Crippen LogP contribution in [0, 0.1) is 0 Å². The van der Waals surface area contributed by atoms with Gasteiger partial charge in [0.25, 0.3) is 0 Å². The zero-order chi connectivity index (χ0) is 11.1. The van der Waals surface area contributed by atoms with E-state index < -0.39 is 5.60 Å². The molecule has 0 aliphatic carbocycles. The number of ether oxygens (including phenoxy) is 1. The van der Waals surface area contributed by atoms with Crippen molar-refractivity contribution in [3.8, 4) is 0 Å². The average molecular weight is 214 g/mol. The first kappa shape index (κ1) is 13.0. The summed E-state index contributed by atoms with van der Waals surface area (Å²) in [6.07, 6.45) is 9.22.